The number of fused-ring (bicyclic) bond motifs is 3. The lowest BCUT2D eigenvalue weighted by Crippen LogP contribution is -2.47. The average molecular weight is 383 g/mol. The summed E-state index contributed by atoms with van der Waals surface area (Å²) in [7, 11) is 0. The molecule has 1 N–H and O–H groups in total. The number of nitrogens with one attached hydrogen (secondary N) is 1. The van der Waals surface area contributed by atoms with Crippen molar-refractivity contribution < 1.29 is 9.59 Å². The summed E-state index contributed by atoms with van der Waals surface area (Å²) in [6, 6.07) is 5.92. The Morgan fingerprint density at radius 3 is 2.75 bits per heavy atom. The Kier molecular flexibility index (Phi) is 5.38. The SMILES string of the molecule is CC(C)CCNC(=O)c1ccc2c(c1)nc1n2CCN(C2CCCCC2)C1=O. The van der Waals surface area contributed by atoms with Crippen molar-refractivity contribution in [3.63, 3.8) is 0 Å². The maximum Gasteiger partial charge on any atom is 0.290 e. The van der Waals surface area contributed by atoms with Crippen molar-refractivity contribution in [2.24, 2.45) is 5.92 Å². The summed E-state index contributed by atoms with van der Waals surface area (Å²) >= 11 is 0. The predicted molar refractivity (Wildman–Crippen MR) is 109 cm³/mol. The number of hydrogen-bond acceptors (Lipinski definition) is 3. The number of carbonyl (C=O) groups excluding carboxylic acids is 2. The van der Waals surface area contributed by atoms with Crippen LogP contribution in [0.2, 0.25) is 0 Å². The third-order valence-corrected chi connectivity index (χ3v) is 6.05. The summed E-state index contributed by atoms with van der Waals surface area (Å²) in [6.45, 7) is 6.47. The zero-order chi connectivity index (χ0) is 19.7. The maximum atomic E-state index is 13.1. The molecule has 0 bridgehead atoms. The summed E-state index contributed by atoms with van der Waals surface area (Å²) in [4.78, 5) is 32.1. The molecule has 28 heavy (non-hydrogen) atoms. The number of hydrogen-bond donors (Lipinski definition) is 1. The first-order valence-corrected chi connectivity index (χ1v) is 10.6. The molecule has 0 saturated heterocycles. The van der Waals surface area contributed by atoms with Gasteiger partial charge in [-0.05, 0) is 43.4 Å². The van der Waals surface area contributed by atoms with Gasteiger partial charge in [0.1, 0.15) is 0 Å². The second-order valence-corrected chi connectivity index (χ2v) is 8.52. The van der Waals surface area contributed by atoms with Crippen LogP contribution in [0.3, 0.4) is 0 Å². The number of aromatic nitrogens is 2. The van der Waals surface area contributed by atoms with Crippen molar-refractivity contribution in [1.82, 2.24) is 19.8 Å². The number of rotatable bonds is 5. The van der Waals surface area contributed by atoms with Crippen LogP contribution in [0, 0.1) is 5.92 Å². The summed E-state index contributed by atoms with van der Waals surface area (Å²) in [5.74, 6) is 1.03. The predicted octanol–water partition coefficient (Wildman–Crippen LogP) is 3.60. The first-order chi connectivity index (χ1) is 13.5. The molecule has 1 aliphatic carbocycles. The van der Waals surface area contributed by atoms with Gasteiger partial charge in [0.05, 0.1) is 11.0 Å². The minimum absolute atomic E-state index is 0.0392. The topological polar surface area (TPSA) is 67.2 Å². The van der Waals surface area contributed by atoms with Crippen molar-refractivity contribution >= 4 is 22.8 Å². The van der Waals surface area contributed by atoms with Crippen molar-refractivity contribution in [2.45, 2.75) is 65.0 Å². The van der Waals surface area contributed by atoms with Crippen molar-refractivity contribution in [1.29, 1.82) is 0 Å². The molecule has 150 valence electrons. The Bertz CT molecular complexity index is 880. The second kappa shape index (κ2) is 7.94. The van der Waals surface area contributed by atoms with Crippen LogP contribution in [0.4, 0.5) is 0 Å². The molecule has 2 aromatic rings. The summed E-state index contributed by atoms with van der Waals surface area (Å²) in [5, 5.41) is 2.97. The Hall–Kier alpha value is -2.37. The van der Waals surface area contributed by atoms with Crippen LogP contribution < -0.4 is 5.32 Å². The molecule has 1 aromatic carbocycles. The van der Waals surface area contributed by atoms with E-state index in [4.69, 9.17) is 0 Å². The number of carbonyl (C=O) groups is 2. The molecule has 6 nitrogen and oxygen atoms in total. The number of nitrogens with zero attached hydrogens (tertiary/aromatic N) is 3. The van der Waals surface area contributed by atoms with Crippen LogP contribution in [-0.2, 0) is 6.54 Å². The Morgan fingerprint density at radius 2 is 2.00 bits per heavy atom. The van der Waals surface area contributed by atoms with E-state index in [0.717, 1.165) is 43.4 Å². The van der Waals surface area contributed by atoms with Gasteiger partial charge in [0.15, 0.2) is 5.82 Å². The van der Waals surface area contributed by atoms with Crippen molar-refractivity contribution in [3.05, 3.63) is 29.6 Å². The summed E-state index contributed by atoms with van der Waals surface area (Å²) in [5.41, 5.74) is 2.26. The summed E-state index contributed by atoms with van der Waals surface area (Å²) in [6.07, 6.45) is 6.86. The van der Waals surface area contributed by atoms with Crippen LogP contribution in [0.25, 0.3) is 11.0 Å². The van der Waals surface area contributed by atoms with Gasteiger partial charge in [-0.2, -0.15) is 0 Å². The number of amides is 2. The van der Waals surface area contributed by atoms with Gasteiger partial charge in [0.2, 0.25) is 0 Å². The maximum absolute atomic E-state index is 13.1. The van der Waals surface area contributed by atoms with Gasteiger partial charge in [-0.1, -0.05) is 33.1 Å². The molecule has 1 saturated carbocycles. The second-order valence-electron chi connectivity index (χ2n) is 8.52. The molecule has 1 aliphatic heterocycles. The molecule has 2 aliphatic rings. The number of benzene rings is 1. The smallest absolute Gasteiger partial charge is 0.290 e. The van der Waals surface area contributed by atoms with Crippen molar-refractivity contribution in [3.8, 4) is 0 Å². The highest BCUT2D eigenvalue weighted by Crippen LogP contribution is 2.28. The zero-order valence-electron chi connectivity index (χ0n) is 16.9. The van der Waals surface area contributed by atoms with Crippen molar-refractivity contribution in [2.75, 3.05) is 13.1 Å². The lowest BCUT2D eigenvalue weighted by Gasteiger charge is -2.36. The normalized spacial score (nSPS) is 18.0. The first-order valence-electron chi connectivity index (χ1n) is 10.6. The molecule has 0 radical (unpaired) electrons. The van der Waals surface area contributed by atoms with Gasteiger partial charge >= 0.3 is 0 Å². The fourth-order valence-corrected chi connectivity index (χ4v) is 4.42. The molecular weight excluding hydrogens is 352 g/mol. The highest BCUT2D eigenvalue weighted by atomic mass is 16.2. The summed E-state index contributed by atoms with van der Waals surface area (Å²) < 4.78 is 2.01. The first kappa shape index (κ1) is 19.0. The Labute approximate surface area is 166 Å². The Balaban J connectivity index is 1.54. The molecule has 2 amide bonds. The van der Waals surface area contributed by atoms with E-state index in [1.165, 1.54) is 19.3 Å². The molecule has 0 atom stereocenters. The van der Waals surface area contributed by atoms with E-state index < -0.39 is 0 Å². The third kappa shape index (κ3) is 3.64. The lowest BCUT2D eigenvalue weighted by atomic mass is 9.94. The number of imidazole rings is 1. The minimum Gasteiger partial charge on any atom is -0.352 e. The largest absolute Gasteiger partial charge is 0.352 e. The van der Waals surface area contributed by atoms with E-state index in [0.29, 0.717) is 29.9 Å². The van der Waals surface area contributed by atoms with E-state index in [1.807, 2.05) is 27.7 Å². The average Bonchev–Trinajstić information content (AvgIpc) is 3.07. The molecule has 2 heterocycles. The van der Waals surface area contributed by atoms with Gasteiger partial charge in [-0.15, -0.1) is 0 Å². The van der Waals surface area contributed by atoms with E-state index in [9.17, 15) is 9.59 Å². The minimum atomic E-state index is -0.0799. The van der Waals surface area contributed by atoms with Crippen LogP contribution in [-0.4, -0.2) is 45.4 Å². The Morgan fingerprint density at radius 1 is 1.21 bits per heavy atom. The van der Waals surface area contributed by atoms with Crippen LogP contribution in [0.1, 0.15) is 73.3 Å². The van der Waals surface area contributed by atoms with Crippen LogP contribution >= 0.6 is 0 Å². The zero-order valence-corrected chi connectivity index (χ0v) is 16.9. The van der Waals surface area contributed by atoms with Crippen LogP contribution in [0.15, 0.2) is 18.2 Å². The highest BCUT2D eigenvalue weighted by molar-refractivity contribution is 6.00. The molecular formula is C22H30N4O2. The third-order valence-electron chi connectivity index (χ3n) is 6.05. The highest BCUT2D eigenvalue weighted by Gasteiger charge is 2.33. The molecule has 4 rings (SSSR count). The van der Waals surface area contributed by atoms with Gasteiger partial charge in [0, 0.05) is 31.2 Å². The van der Waals surface area contributed by atoms with Crippen LogP contribution in [0.5, 0.6) is 0 Å². The van der Waals surface area contributed by atoms with Gasteiger partial charge in [-0.3, -0.25) is 9.59 Å². The lowest BCUT2D eigenvalue weighted by molar-refractivity contribution is 0.0566. The molecule has 1 aromatic heterocycles. The molecule has 1 fully saturated rings. The van der Waals surface area contributed by atoms with E-state index >= 15 is 0 Å². The van der Waals surface area contributed by atoms with Gasteiger partial charge in [0.25, 0.3) is 11.8 Å². The standard InChI is InChI=1S/C22H30N4O2/c1-15(2)10-11-23-21(27)16-8-9-19-18(14-16)24-20-22(28)25(12-13-26(19)20)17-6-4-3-5-7-17/h8-9,14-15,17H,3-7,10-13H2,1-2H3,(H,23,27). The molecule has 6 heteroatoms. The fourth-order valence-electron chi connectivity index (χ4n) is 4.42. The fraction of sp³-hybridized carbons (Fsp3) is 0.591. The van der Waals surface area contributed by atoms with E-state index in [-0.39, 0.29) is 11.8 Å². The quantitative estimate of drug-likeness (QED) is 0.859. The van der Waals surface area contributed by atoms with E-state index in [2.05, 4.69) is 24.1 Å². The van der Waals surface area contributed by atoms with E-state index in [1.54, 1.807) is 0 Å². The monoisotopic (exact) mass is 382 g/mol. The molecule has 0 unspecified atom stereocenters. The van der Waals surface area contributed by atoms with Gasteiger partial charge in [-0.25, -0.2) is 4.98 Å². The molecule has 0 spiro atoms. The van der Waals surface area contributed by atoms with Gasteiger partial charge < -0.3 is 14.8 Å².